The van der Waals surface area contributed by atoms with Gasteiger partial charge in [-0.2, -0.15) is 0 Å². The third-order valence-corrected chi connectivity index (χ3v) is 5.38. The van der Waals surface area contributed by atoms with Crippen molar-refractivity contribution >= 4 is 11.8 Å². The van der Waals surface area contributed by atoms with Gasteiger partial charge in [0.15, 0.2) is 0 Å². The van der Waals surface area contributed by atoms with Crippen molar-refractivity contribution in [3.8, 4) is 5.75 Å². The second-order valence-electron chi connectivity index (χ2n) is 7.07. The smallest absolute Gasteiger partial charge is 0.226 e. The first-order valence-electron chi connectivity index (χ1n) is 9.37. The molecule has 0 radical (unpaired) electrons. The second kappa shape index (κ2) is 8.37. The molecule has 0 atom stereocenters. The number of benzene rings is 1. The Morgan fingerprint density at radius 2 is 1.60 bits per heavy atom. The lowest BCUT2D eigenvalue weighted by molar-refractivity contribution is -0.141. The Bertz CT molecular complexity index is 585. The molecule has 0 saturated carbocycles. The molecule has 0 unspecified atom stereocenters. The minimum atomic E-state index is 0.100. The lowest BCUT2D eigenvalue weighted by Gasteiger charge is -2.35. The number of nitrogens with zero attached hydrogens (tertiary/aromatic N) is 2. The molecule has 1 aromatic carbocycles. The van der Waals surface area contributed by atoms with Gasteiger partial charge in [-0.05, 0) is 49.8 Å². The fourth-order valence-corrected chi connectivity index (χ4v) is 3.78. The van der Waals surface area contributed by atoms with E-state index in [1.165, 1.54) is 6.42 Å². The zero-order chi connectivity index (χ0) is 17.6. The topological polar surface area (TPSA) is 49.9 Å². The highest BCUT2D eigenvalue weighted by molar-refractivity contribution is 5.81. The van der Waals surface area contributed by atoms with Gasteiger partial charge in [0.2, 0.25) is 11.8 Å². The van der Waals surface area contributed by atoms with Crippen LogP contribution in [0.15, 0.2) is 24.3 Å². The minimum absolute atomic E-state index is 0.100. The predicted octanol–water partition coefficient (Wildman–Crippen LogP) is 2.49. The zero-order valence-electron chi connectivity index (χ0n) is 15.1. The molecule has 0 aliphatic carbocycles. The number of carbonyl (C=O) groups excluding carboxylic acids is 2. The molecule has 2 aliphatic rings. The van der Waals surface area contributed by atoms with Crippen molar-refractivity contribution in [3.63, 3.8) is 0 Å². The maximum absolute atomic E-state index is 12.6. The first-order valence-corrected chi connectivity index (χ1v) is 9.37. The second-order valence-corrected chi connectivity index (χ2v) is 7.07. The number of piperidine rings is 2. The van der Waals surface area contributed by atoms with E-state index in [9.17, 15) is 9.59 Å². The lowest BCUT2D eigenvalue weighted by Crippen LogP contribution is -2.46. The molecule has 136 valence electrons. The SMILES string of the molecule is COc1ccc(CC(=O)N2CCC(C(=O)N3CCCCC3)CC2)cc1. The average molecular weight is 344 g/mol. The molecule has 25 heavy (non-hydrogen) atoms. The molecule has 3 rings (SSSR count). The van der Waals surface area contributed by atoms with Gasteiger partial charge in [0, 0.05) is 32.1 Å². The Labute approximate surface area is 149 Å². The highest BCUT2D eigenvalue weighted by Crippen LogP contribution is 2.22. The van der Waals surface area contributed by atoms with E-state index in [2.05, 4.69) is 0 Å². The maximum Gasteiger partial charge on any atom is 0.226 e. The summed E-state index contributed by atoms with van der Waals surface area (Å²) in [5, 5.41) is 0. The Balaban J connectivity index is 1.47. The third kappa shape index (κ3) is 4.53. The molecule has 2 amide bonds. The van der Waals surface area contributed by atoms with Crippen molar-refractivity contribution < 1.29 is 14.3 Å². The average Bonchev–Trinajstić information content (AvgIpc) is 2.69. The highest BCUT2D eigenvalue weighted by atomic mass is 16.5. The molecule has 0 spiro atoms. The van der Waals surface area contributed by atoms with Gasteiger partial charge in [0.1, 0.15) is 5.75 Å². The Kier molecular flexibility index (Phi) is 5.95. The lowest BCUT2D eigenvalue weighted by atomic mass is 9.94. The van der Waals surface area contributed by atoms with E-state index in [1.807, 2.05) is 34.1 Å². The quantitative estimate of drug-likeness (QED) is 0.843. The van der Waals surface area contributed by atoms with Crippen LogP contribution in [0.25, 0.3) is 0 Å². The van der Waals surface area contributed by atoms with Gasteiger partial charge in [-0.25, -0.2) is 0 Å². The fourth-order valence-electron chi connectivity index (χ4n) is 3.78. The van der Waals surface area contributed by atoms with Crippen molar-refractivity contribution in [2.75, 3.05) is 33.3 Å². The van der Waals surface area contributed by atoms with Gasteiger partial charge >= 0.3 is 0 Å². The molecule has 5 nitrogen and oxygen atoms in total. The Morgan fingerprint density at radius 1 is 0.960 bits per heavy atom. The Morgan fingerprint density at radius 3 is 2.20 bits per heavy atom. The summed E-state index contributed by atoms with van der Waals surface area (Å²) in [7, 11) is 1.63. The number of methoxy groups -OCH3 is 1. The normalized spacial score (nSPS) is 18.9. The molecular weight excluding hydrogens is 316 g/mol. The fraction of sp³-hybridized carbons (Fsp3) is 0.600. The van der Waals surface area contributed by atoms with Crippen LogP contribution in [0.5, 0.6) is 5.75 Å². The maximum atomic E-state index is 12.6. The van der Waals surface area contributed by atoms with Crippen LogP contribution >= 0.6 is 0 Å². The number of amides is 2. The van der Waals surface area contributed by atoms with Gasteiger partial charge in [0.25, 0.3) is 0 Å². The molecule has 0 bridgehead atoms. The van der Waals surface area contributed by atoms with E-state index in [0.29, 0.717) is 25.4 Å². The molecular formula is C20H28N2O3. The molecule has 2 aliphatic heterocycles. The zero-order valence-corrected chi connectivity index (χ0v) is 15.1. The minimum Gasteiger partial charge on any atom is -0.497 e. The molecule has 0 N–H and O–H groups in total. The van der Waals surface area contributed by atoms with E-state index in [0.717, 1.165) is 50.1 Å². The first kappa shape index (κ1) is 17.8. The standard InChI is InChI=1S/C20H28N2O3/c1-25-18-7-5-16(6-8-18)15-19(23)21-13-9-17(10-14-21)20(24)22-11-3-2-4-12-22/h5-8,17H,2-4,9-15H2,1H3. The van der Waals surface area contributed by atoms with E-state index >= 15 is 0 Å². The van der Waals surface area contributed by atoms with E-state index in [1.54, 1.807) is 7.11 Å². The number of likely N-dealkylation sites (tertiary alicyclic amines) is 2. The van der Waals surface area contributed by atoms with Gasteiger partial charge in [-0.3, -0.25) is 9.59 Å². The molecule has 2 saturated heterocycles. The summed E-state index contributed by atoms with van der Waals surface area (Å²) in [5.41, 5.74) is 0.998. The summed E-state index contributed by atoms with van der Waals surface area (Å²) in [6, 6.07) is 7.63. The van der Waals surface area contributed by atoms with E-state index in [4.69, 9.17) is 4.74 Å². The molecule has 2 fully saturated rings. The van der Waals surface area contributed by atoms with E-state index in [-0.39, 0.29) is 11.8 Å². The summed E-state index contributed by atoms with van der Waals surface area (Å²) in [4.78, 5) is 29.0. The molecule has 2 heterocycles. The summed E-state index contributed by atoms with van der Waals surface area (Å²) in [5.74, 6) is 1.35. The van der Waals surface area contributed by atoms with Crippen molar-refractivity contribution in [1.29, 1.82) is 0 Å². The number of hydrogen-bond donors (Lipinski definition) is 0. The van der Waals surface area contributed by atoms with Crippen LogP contribution < -0.4 is 4.74 Å². The predicted molar refractivity (Wildman–Crippen MR) is 96.4 cm³/mol. The van der Waals surface area contributed by atoms with Gasteiger partial charge in [-0.15, -0.1) is 0 Å². The van der Waals surface area contributed by atoms with Crippen LogP contribution in [0, 0.1) is 5.92 Å². The van der Waals surface area contributed by atoms with Crippen molar-refractivity contribution in [3.05, 3.63) is 29.8 Å². The van der Waals surface area contributed by atoms with Gasteiger partial charge in [0.05, 0.1) is 13.5 Å². The monoisotopic (exact) mass is 344 g/mol. The highest BCUT2D eigenvalue weighted by Gasteiger charge is 2.30. The Hall–Kier alpha value is -2.04. The van der Waals surface area contributed by atoms with E-state index < -0.39 is 0 Å². The summed E-state index contributed by atoms with van der Waals surface area (Å²) < 4.78 is 5.14. The van der Waals surface area contributed by atoms with Crippen LogP contribution in [0.1, 0.15) is 37.7 Å². The van der Waals surface area contributed by atoms with Crippen LogP contribution in [-0.4, -0.2) is 54.9 Å². The number of hydrogen-bond acceptors (Lipinski definition) is 3. The molecule has 5 heteroatoms. The van der Waals surface area contributed by atoms with Gasteiger partial charge < -0.3 is 14.5 Å². The van der Waals surface area contributed by atoms with Crippen LogP contribution in [0.2, 0.25) is 0 Å². The summed E-state index contributed by atoms with van der Waals surface area (Å²) in [6.45, 7) is 3.21. The van der Waals surface area contributed by atoms with Crippen molar-refractivity contribution in [2.45, 2.75) is 38.5 Å². The van der Waals surface area contributed by atoms with Gasteiger partial charge in [-0.1, -0.05) is 12.1 Å². The van der Waals surface area contributed by atoms with Crippen molar-refractivity contribution in [1.82, 2.24) is 9.80 Å². The van der Waals surface area contributed by atoms with Crippen LogP contribution in [0.4, 0.5) is 0 Å². The third-order valence-electron chi connectivity index (χ3n) is 5.38. The number of rotatable bonds is 4. The number of carbonyl (C=O) groups is 2. The largest absolute Gasteiger partial charge is 0.497 e. The summed E-state index contributed by atoms with van der Waals surface area (Å²) >= 11 is 0. The van der Waals surface area contributed by atoms with Crippen LogP contribution in [0.3, 0.4) is 0 Å². The van der Waals surface area contributed by atoms with Crippen molar-refractivity contribution in [2.24, 2.45) is 5.92 Å². The van der Waals surface area contributed by atoms with Crippen LogP contribution in [-0.2, 0) is 16.0 Å². The molecule has 1 aromatic rings. The number of ether oxygens (including phenoxy) is 1. The molecule has 0 aromatic heterocycles. The first-order chi connectivity index (χ1) is 12.2. The summed E-state index contributed by atoms with van der Waals surface area (Å²) in [6.07, 6.45) is 5.50.